The van der Waals surface area contributed by atoms with Crippen molar-refractivity contribution in [3.63, 3.8) is 0 Å². The average molecular weight is 291 g/mol. The summed E-state index contributed by atoms with van der Waals surface area (Å²) in [6, 6.07) is 14.8. The number of rotatable bonds is 5. The number of carbonyl (C=O) groups is 1. The van der Waals surface area contributed by atoms with Crippen LogP contribution in [-0.2, 0) is 10.3 Å². The Morgan fingerprint density at radius 3 is 2.35 bits per heavy atom. The normalized spacial score (nSPS) is 13.7. The summed E-state index contributed by atoms with van der Waals surface area (Å²) in [6.07, 6.45) is 0. The number of hydrogen-bond donors (Lipinski definition) is 2. The van der Waals surface area contributed by atoms with Gasteiger partial charge in [0, 0.05) is 10.6 Å². The number of hydrogen-bond acceptors (Lipinski definition) is 3. The summed E-state index contributed by atoms with van der Waals surface area (Å²) >= 11 is 1.10. The molecule has 0 amide bonds. The van der Waals surface area contributed by atoms with Gasteiger partial charge in [0.25, 0.3) is 0 Å². The van der Waals surface area contributed by atoms with Gasteiger partial charge in [0.1, 0.15) is 11.4 Å². The first kappa shape index (κ1) is 14.6. The molecule has 0 saturated carbocycles. The molecule has 1 atom stereocenters. The predicted octanol–water partition coefficient (Wildman–Crippen LogP) is 2.86. The molecular formula is C15H14FNO2S. The third-order valence-corrected chi connectivity index (χ3v) is 4.20. The monoisotopic (exact) mass is 291 g/mol. The van der Waals surface area contributed by atoms with Gasteiger partial charge in [-0.3, -0.25) is 0 Å². The molecule has 3 nitrogen and oxygen atoms in total. The zero-order valence-electron chi connectivity index (χ0n) is 10.6. The maximum absolute atomic E-state index is 13.6. The number of halogens is 1. The van der Waals surface area contributed by atoms with Crippen molar-refractivity contribution in [1.29, 1.82) is 0 Å². The fourth-order valence-corrected chi connectivity index (χ4v) is 2.81. The Hall–Kier alpha value is -1.85. The van der Waals surface area contributed by atoms with Crippen molar-refractivity contribution >= 4 is 17.7 Å². The van der Waals surface area contributed by atoms with Crippen molar-refractivity contribution in [3.8, 4) is 0 Å². The molecule has 0 aromatic heterocycles. The van der Waals surface area contributed by atoms with Crippen LogP contribution in [0.4, 0.5) is 4.39 Å². The summed E-state index contributed by atoms with van der Waals surface area (Å²) < 4.78 is 13.6. The quantitative estimate of drug-likeness (QED) is 0.831. The summed E-state index contributed by atoms with van der Waals surface area (Å²) in [7, 11) is 0. The summed E-state index contributed by atoms with van der Waals surface area (Å²) in [5.41, 5.74) is 4.97. The Morgan fingerprint density at radius 2 is 1.75 bits per heavy atom. The van der Waals surface area contributed by atoms with Crippen LogP contribution in [-0.4, -0.2) is 16.8 Å². The van der Waals surface area contributed by atoms with Gasteiger partial charge in [0.15, 0.2) is 0 Å². The Kier molecular flexibility index (Phi) is 4.42. The van der Waals surface area contributed by atoms with Crippen LogP contribution >= 0.6 is 11.8 Å². The molecule has 0 radical (unpaired) electrons. The first-order chi connectivity index (χ1) is 9.54. The third kappa shape index (κ3) is 3.00. The van der Waals surface area contributed by atoms with Gasteiger partial charge in [0.05, 0.1) is 0 Å². The second-order valence-corrected chi connectivity index (χ2v) is 5.38. The van der Waals surface area contributed by atoms with Crippen molar-refractivity contribution in [2.24, 2.45) is 5.73 Å². The van der Waals surface area contributed by atoms with E-state index >= 15 is 0 Å². The van der Waals surface area contributed by atoms with E-state index in [4.69, 9.17) is 5.73 Å². The molecule has 0 bridgehead atoms. The third-order valence-electron chi connectivity index (χ3n) is 2.96. The molecule has 2 aromatic rings. The predicted molar refractivity (Wildman–Crippen MR) is 77.1 cm³/mol. The van der Waals surface area contributed by atoms with Gasteiger partial charge in [-0.2, -0.15) is 0 Å². The zero-order chi connectivity index (χ0) is 14.6. The van der Waals surface area contributed by atoms with Gasteiger partial charge < -0.3 is 10.8 Å². The van der Waals surface area contributed by atoms with Crippen LogP contribution < -0.4 is 5.73 Å². The highest BCUT2D eigenvalue weighted by Crippen LogP contribution is 2.29. The van der Waals surface area contributed by atoms with E-state index in [1.807, 2.05) is 0 Å². The van der Waals surface area contributed by atoms with Gasteiger partial charge in [-0.05, 0) is 17.7 Å². The van der Waals surface area contributed by atoms with Crippen molar-refractivity contribution in [2.75, 3.05) is 5.75 Å². The number of thioether (sulfide) groups is 1. The molecule has 2 rings (SSSR count). The van der Waals surface area contributed by atoms with E-state index in [1.165, 1.54) is 6.07 Å². The minimum Gasteiger partial charge on any atom is -0.480 e. The SMILES string of the molecule is NC(CSc1ccccc1F)(C(=O)O)c1ccccc1. The van der Waals surface area contributed by atoms with Gasteiger partial charge in [0.2, 0.25) is 0 Å². The largest absolute Gasteiger partial charge is 0.480 e. The van der Waals surface area contributed by atoms with Crippen LogP contribution in [0, 0.1) is 5.82 Å². The second kappa shape index (κ2) is 6.07. The Morgan fingerprint density at radius 1 is 1.15 bits per heavy atom. The molecule has 0 aliphatic carbocycles. The molecule has 2 aromatic carbocycles. The van der Waals surface area contributed by atoms with E-state index in [-0.39, 0.29) is 11.6 Å². The van der Waals surface area contributed by atoms with E-state index in [0.717, 1.165) is 11.8 Å². The Bertz CT molecular complexity index is 606. The number of benzene rings is 2. The van der Waals surface area contributed by atoms with E-state index in [2.05, 4.69) is 0 Å². The van der Waals surface area contributed by atoms with Crippen molar-refractivity contribution < 1.29 is 14.3 Å². The number of nitrogens with two attached hydrogens (primary N) is 1. The van der Waals surface area contributed by atoms with Crippen molar-refractivity contribution in [3.05, 3.63) is 66.0 Å². The number of aliphatic carboxylic acids is 1. The van der Waals surface area contributed by atoms with Gasteiger partial charge in [-0.15, -0.1) is 11.8 Å². The molecule has 20 heavy (non-hydrogen) atoms. The molecular weight excluding hydrogens is 277 g/mol. The number of carboxylic acids is 1. The summed E-state index contributed by atoms with van der Waals surface area (Å²) in [6.45, 7) is 0. The average Bonchev–Trinajstić information content (AvgIpc) is 2.47. The molecule has 104 valence electrons. The molecule has 0 heterocycles. The maximum atomic E-state index is 13.6. The molecule has 0 aliphatic rings. The standard InChI is InChI=1S/C15H14FNO2S/c16-12-8-4-5-9-13(12)20-10-15(17,14(18)19)11-6-2-1-3-7-11/h1-9H,10,17H2,(H,18,19). The van der Waals surface area contributed by atoms with Gasteiger partial charge in [-0.25, -0.2) is 9.18 Å². The Balaban J connectivity index is 2.23. The van der Waals surface area contributed by atoms with Crippen LogP contribution in [0.3, 0.4) is 0 Å². The van der Waals surface area contributed by atoms with Crippen molar-refractivity contribution in [2.45, 2.75) is 10.4 Å². The zero-order valence-corrected chi connectivity index (χ0v) is 11.4. The molecule has 0 spiro atoms. The highest BCUT2D eigenvalue weighted by atomic mass is 32.2. The number of carboxylic acid groups (broad SMARTS) is 1. The molecule has 0 fully saturated rings. The van der Waals surface area contributed by atoms with E-state index in [1.54, 1.807) is 48.5 Å². The summed E-state index contributed by atoms with van der Waals surface area (Å²) in [5.74, 6) is -1.46. The topological polar surface area (TPSA) is 63.3 Å². The molecule has 3 N–H and O–H groups in total. The fraction of sp³-hybridized carbons (Fsp3) is 0.133. The second-order valence-electron chi connectivity index (χ2n) is 4.36. The highest BCUT2D eigenvalue weighted by Gasteiger charge is 2.36. The van der Waals surface area contributed by atoms with Gasteiger partial charge in [-0.1, -0.05) is 42.5 Å². The first-order valence-electron chi connectivity index (χ1n) is 5.99. The molecule has 5 heteroatoms. The lowest BCUT2D eigenvalue weighted by molar-refractivity contribution is -0.142. The molecule has 0 saturated heterocycles. The van der Waals surface area contributed by atoms with Crippen LogP contribution in [0.25, 0.3) is 0 Å². The minimum absolute atomic E-state index is 0.0489. The molecule has 1 unspecified atom stereocenters. The minimum atomic E-state index is -1.55. The van der Waals surface area contributed by atoms with E-state index in [0.29, 0.717) is 10.5 Å². The highest BCUT2D eigenvalue weighted by molar-refractivity contribution is 7.99. The lowest BCUT2D eigenvalue weighted by Gasteiger charge is -2.24. The van der Waals surface area contributed by atoms with Crippen LogP contribution in [0.5, 0.6) is 0 Å². The molecule has 0 aliphatic heterocycles. The van der Waals surface area contributed by atoms with Gasteiger partial charge >= 0.3 is 5.97 Å². The Labute approximate surface area is 120 Å². The van der Waals surface area contributed by atoms with Crippen molar-refractivity contribution in [1.82, 2.24) is 0 Å². The van der Waals surface area contributed by atoms with E-state index < -0.39 is 11.5 Å². The fourth-order valence-electron chi connectivity index (χ4n) is 1.76. The summed E-state index contributed by atoms with van der Waals surface area (Å²) in [4.78, 5) is 11.9. The smallest absolute Gasteiger partial charge is 0.329 e. The van der Waals surface area contributed by atoms with E-state index in [9.17, 15) is 14.3 Å². The van der Waals surface area contributed by atoms with Crippen LogP contribution in [0.2, 0.25) is 0 Å². The van der Waals surface area contributed by atoms with Crippen LogP contribution in [0.15, 0.2) is 59.5 Å². The summed E-state index contributed by atoms with van der Waals surface area (Å²) in [5, 5.41) is 9.40. The van der Waals surface area contributed by atoms with Crippen LogP contribution in [0.1, 0.15) is 5.56 Å². The lowest BCUT2D eigenvalue weighted by atomic mass is 9.93. The lowest BCUT2D eigenvalue weighted by Crippen LogP contribution is -2.47. The maximum Gasteiger partial charge on any atom is 0.329 e. The first-order valence-corrected chi connectivity index (χ1v) is 6.98.